The molecule has 0 aromatic carbocycles. The van der Waals surface area contributed by atoms with Crippen molar-refractivity contribution in [3.8, 4) is 5.75 Å². The number of alkyl halides is 3. The van der Waals surface area contributed by atoms with Crippen LogP contribution in [-0.2, 0) is 0 Å². The van der Waals surface area contributed by atoms with Gasteiger partial charge < -0.3 is 9.64 Å². The highest BCUT2D eigenvalue weighted by molar-refractivity contribution is 5.39. The van der Waals surface area contributed by atoms with Gasteiger partial charge in [0.2, 0.25) is 0 Å². The largest absolute Gasteiger partial charge is 0.573 e. The summed E-state index contributed by atoms with van der Waals surface area (Å²) in [5, 5.41) is 0. The summed E-state index contributed by atoms with van der Waals surface area (Å²) in [4.78, 5) is 5.81. The lowest BCUT2D eigenvalue weighted by Gasteiger charge is -2.18. The van der Waals surface area contributed by atoms with Crippen LogP contribution < -0.4 is 9.64 Å². The van der Waals surface area contributed by atoms with Crippen LogP contribution in [0.1, 0.15) is 19.8 Å². The molecular weight excluding hydrogens is 233 g/mol. The summed E-state index contributed by atoms with van der Waals surface area (Å²) in [6.07, 6.45) is -1.53. The third-order valence-corrected chi connectivity index (χ3v) is 2.19. The maximum absolute atomic E-state index is 11.9. The third kappa shape index (κ3) is 4.93. The molecule has 0 fully saturated rings. The Balaban J connectivity index is 2.61. The van der Waals surface area contributed by atoms with Gasteiger partial charge in [0.1, 0.15) is 11.6 Å². The molecular formula is C11H15F3N2O. The van der Waals surface area contributed by atoms with Gasteiger partial charge in [-0.15, -0.1) is 13.2 Å². The van der Waals surface area contributed by atoms with Gasteiger partial charge in [0.15, 0.2) is 0 Å². The molecule has 0 aliphatic heterocycles. The number of halogens is 3. The van der Waals surface area contributed by atoms with Crippen molar-refractivity contribution in [1.82, 2.24) is 4.98 Å². The Hall–Kier alpha value is -1.46. The van der Waals surface area contributed by atoms with Gasteiger partial charge in [-0.3, -0.25) is 0 Å². The number of pyridine rings is 1. The Morgan fingerprint density at radius 1 is 1.35 bits per heavy atom. The molecule has 0 unspecified atom stereocenters. The molecule has 0 spiro atoms. The van der Waals surface area contributed by atoms with E-state index in [0.29, 0.717) is 5.82 Å². The molecule has 1 heterocycles. The quantitative estimate of drug-likeness (QED) is 0.800. The Bertz CT molecular complexity index is 338. The van der Waals surface area contributed by atoms with Gasteiger partial charge in [0, 0.05) is 13.6 Å². The standard InChI is InChI=1S/C11H15F3N2O/c1-3-4-7-16(2)10-6-5-9(8-15-10)17-11(12,13)14/h5-6,8H,3-4,7H2,1-2H3. The van der Waals surface area contributed by atoms with E-state index in [1.54, 1.807) is 0 Å². The van der Waals surface area contributed by atoms with E-state index in [2.05, 4.69) is 16.6 Å². The lowest BCUT2D eigenvalue weighted by Crippen LogP contribution is -2.20. The predicted octanol–water partition coefficient (Wildman–Crippen LogP) is 3.22. The number of ether oxygens (including phenoxy) is 1. The van der Waals surface area contributed by atoms with E-state index in [4.69, 9.17) is 0 Å². The van der Waals surface area contributed by atoms with E-state index < -0.39 is 6.36 Å². The van der Waals surface area contributed by atoms with Crippen LogP contribution in [-0.4, -0.2) is 24.9 Å². The van der Waals surface area contributed by atoms with E-state index in [0.717, 1.165) is 25.6 Å². The van der Waals surface area contributed by atoms with Crippen LogP contribution in [0.25, 0.3) is 0 Å². The van der Waals surface area contributed by atoms with E-state index in [1.807, 2.05) is 11.9 Å². The summed E-state index contributed by atoms with van der Waals surface area (Å²) >= 11 is 0. The van der Waals surface area contributed by atoms with Crippen molar-refractivity contribution in [2.75, 3.05) is 18.5 Å². The van der Waals surface area contributed by atoms with Crippen LogP contribution in [0.2, 0.25) is 0 Å². The van der Waals surface area contributed by atoms with Crippen molar-refractivity contribution >= 4 is 5.82 Å². The van der Waals surface area contributed by atoms with Crippen LogP contribution in [0.15, 0.2) is 18.3 Å². The SMILES string of the molecule is CCCCN(C)c1ccc(OC(F)(F)F)cn1. The zero-order valence-corrected chi connectivity index (χ0v) is 9.79. The van der Waals surface area contributed by atoms with Crippen LogP contribution >= 0.6 is 0 Å². The summed E-state index contributed by atoms with van der Waals surface area (Å²) < 4.78 is 39.5. The molecule has 0 bridgehead atoms. The number of unbranched alkanes of at least 4 members (excludes halogenated alkanes) is 1. The number of hydrogen-bond acceptors (Lipinski definition) is 3. The van der Waals surface area contributed by atoms with Crippen molar-refractivity contribution in [3.05, 3.63) is 18.3 Å². The minimum atomic E-state index is -4.67. The number of aromatic nitrogens is 1. The summed E-state index contributed by atoms with van der Waals surface area (Å²) in [7, 11) is 1.85. The molecule has 0 atom stereocenters. The normalized spacial score (nSPS) is 11.4. The number of hydrogen-bond donors (Lipinski definition) is 0. The highest BCUT2D eigenvalue weighted by atomic mass is 19.4. The van der Waals surface area contributed by atoms with Crippen molar-refractivity contribution in [2.24, 2.45) is 0 Å². The van der Waals surface area contributed by atoms with E-state index in [1.165, 1.54) is 12.1 Å². The Kier molecular flexibility index (Phi) is 4.60. The fourth-order valence-corrected chi connectivity index (χ4v) is 1.30. The van der Waals surface area contributed by atoms with Crippen molar-refractivity contribution in [2.45, 2.75) is 26.1 Å². The second kappa shape index (κ2) is 5.75. The van der Waals surface area contributed by atoms with E-state index in [-0.39, 0.29) is 5.75 Å². The molecule has 1 aromatic rings. The smallest absolute Gasteiger partial charge is 0.404 e. The lowest BCUT2D eigenvalue weighted by molar-refractivity contribution is -0.274. The number of anilines is 1. The predicted molar refractivity (Wildman–Crippen MR) is 59.1 cm³/mol. The average molecular weight is 248 g/mol. The summed E-state index contributed by atoms with van der Waals surface area (Å²) in [6, 6.07) is 2.77. The van der Waals surface area contributed by atoms with Gasteiger partial charge in [0.25, 0.3) is 0 Å². The molecule has 1 rings (SSSR count). The monoisotopic (exact) mass is 248 g/mol. The molecule has 17 heavy (non-hydrogen) atoms. The van der Waals surface area contributed by atoms with Gasteiger partial charge in [0.05, 0.1) is 6.20 Å². The van der Waals surface area contributed by atoms with E-state index >= 15 is 0 Å². The average Bonchev–Trinajstić information content (AvgIpc) is 2.24. The molecule has 3 nitrogen and oxygen atoms in total. The van der Waals surface area contributed by atoms with Crippen LogP contribution in [0.4, 0.5) is 19.0 Å². The first-order valence-corrected chi connectivity index (χ1v) is 5.35. The molecule has 6 heteroatoms. The molecule has 0 aliphatic carbocycles. The minimum absolute atomic E-state index is 0.301. The topological polar surface area (TPSA) is 25.4 Å². The first kappa shape index (κ1) is 13.6. The molecule has 0 saturated heterocycles. The molecule has 0 N–H and O–H groups in total. The zero-order chi connectivity index (χ0) is 12.9. The van der Waals surface area contributed by atoms with E-state index in [9.17, 15) is 13.2 Å². The van der Waals surface area contributed by atoms with Gasteiger partial charge in [-0.25, -0.2) is 4.98 Å². The zero-order valence-electron chi connectivity index (χ0n) is 9.79. The van der Waals surface area contributed by atoms with Gasteiger partial charge in [-0.05, 0) is 18.6 Å². The maximum atomic E-state index is 11.9. The van der Waals surface area contributed by atoms with Gasteiger partial charge in [-0.1, -0.05) is 13.3 Å². The first-order valence-electron chi connectivity index (χ1n) is 5.35. The lowest BCUT2D eigenvalue weighted by atomic mass is 10.3. The van der Waals surface area contributed by atoms with Crippen LogP contribution in [0.3, 0.4) is 0 Å². The third-order valence-electron chi connectivity index (χ3n) is 2.19. The molecule has 0 saturated carbocycles. The fourth-order valence-electron chi connectivity index (χ4n) is 1.30. The highest BCUT2D eigenvalue weighted by Gasteiger charge is 2.31. The van der Waals surface area contributed by atoms with Crippen molar-refractivity contribution in [1.29, 1.82) is 0 Å². The molecule has 0 aliphatic rings. The number of rotatable bonds is 5. The second-order valence-corrected chi connectivity index (χ2v) is 3.68. The number of nitrogens with zero attached hydrogens (tertiary/aromatic N) is 2. The van der Waals surface area contributed by atoms with Crippen molar-refractivity contribution in [3.63, 3.8) is 0 Å². The van der Waals surface area contributed by atoms with Gasteiger partial charge >= 0.3 is 6.36 Å². The summed E-state index contributed by atoms with van der Waals surface area (Å²) in [5.74, 6) is 0.332. The molecule has 0 amide bonds. The Morgan fingerprint density at radius 3 is 2.53 bits per heavy atom. The van der Waals surface area contributed by atoms with Crippen LogP contribution in [0.5, 0.6) is 5.75 Å². The molecule has 0 radical (unpaired) electrons. The minimum Gasteiger partial charge on any atom is -0.404 e. The van der Waals surface area contributed by atoms with Crippen LogP contribution in [0, 0.1) is 0 Å². The molecule has 1 aromatic heterocycles. The summed E-state index contributed by atoms with van der Waals surface area (Å²) in [5.41, 5.74) is 0. The summed E-state index contributed by atoms with van der Waals surface area (Å²) in [6.45, 7) is 2.89. The fraction of sp³-hybridized carbons (Fsp3) is 0.545. The Labute approximate surface area is 98.2 Å². The van der Waals surface area contributed by atoms with Crippen molar-refractivity contribution < 1.29 is 17.9 Å². The highest BCUT2D eigenvalue weighted by Crippen LogP contribution is 2.23. The first-order chi connectivity index (χ1) is 7.92. The maximum Gasteiger partial charge on any atom is 0.573 e. The molecule has 96 valence electrons. The Morgan fingerprint density at radius 2 is 2.06 bits per heavy atom. The van der Waals surface area contributed by atoms with Gasteiger partial charge in [-0.2, -0.15) is 0 Å². The second-order valence-electron chi connectivity index (χ2n) is 3.68.